The maximum atomic E-state index is 12.2. The Bertz CT molecular complexity index is 541. The molecule has 23 heavy (non-hydrogen) atoms. The summed E-state index contributed by atoms with van der Waals surface area (Å²) in [5.41, 5.74) is 0.996. The van der Waals surface area contributed by atoms with Gasteiger partial charge in [0, 0.05) is 31.8 Å². The van der Waals surface area contributed by atoms with Gasteiger partial charge >= 0.3 is 0 Å². The van der Waals surface area contributed by atoms with Gasteiger partial charge in [-0.2, -0.15) is 0 Å². The summed E-state index contributed by atoms with van der Waals surface area (Å²) in [4.78, 5) is 24.3. The zero-order chi connectivity index (χ0) is 16.8. The molecule has 1 N–H and O–H groups in total. The van der Waals surface area contributed by atoms with Crippen molar-refractivity contribution < 1.29 is 14.5 Å². The summed E-state index contributed by atoms with van der Waals surface area (Å²) in [6.45, 7) is 3.72. The number of benzene rings is 1. The van der Waals surface area contributed by atoms with Gasteiger partial charge in [-0.25, -0.2) is 0 Å². The first-order valence-corrected chi connectivity index (χ1v) is 7.80. The highest BCUT2D eigenvalue weighted by Crippen LogP contribution is 2.14. The van der Waals surface area contributed by atoms with E-state index in [1.54, 1.807) is 12.1 Å². The Kier molecular flexibility index (Phi) is 6.06. The molecule has 0 aliphatic carbocycles. The molecular weight excluding hydrogens is 298 g/mol. The summed E-state index contributed by atoms with van der Waals surface area (Å²) >= 11 is 0. The van der Waals surface area contributed by atoms with Gasteiger partial charge < -0.3 is 10.1 Å². The summed E-state index contributed by atoms with van der Waals surface area (Å²) in [5, 5.41) is 13.6. The highest BCUT2D eigenvalue weighted by Gasteiger charge is 2.21. The van der Waals surface area contributed by atoms with Crippen molar-refractivity contribution in [1.29, 1.82) is 0 Å². The highest BCUT2D eigenvalue weighted by molar-refractivity contribution is 5.81. The number of non-ortho nitro benzene ring substituents is 1. The fourth-order valence-corrected chi connectivity index (χ4v) is 2.52. The quantitative estimate of drug-likeness (QED) is 0.610. The molecule has 1 heterocycles. The zero-order valence-corrected chi connectivity index (χ0v) is 13.5. The van der Waals surface area contributed by atoms with E-state index in [-0.39, 0.29) is 23.7 Å². The number of nitrogens with zero attached hydrogens (tertiary/aromatic N) is 2. The van der Waals surface area contributed by atoms with E-state index in [1.807, 2.05) is 18.9 Å². The van der Waals surface area contributed by atoms with Crippen molar-refractivity contribution in [3.63, 3.8) is 0 Å². The Labute approximate surface area is 135 Å². The van der Waals surface area contributed by atoms with Gasteiger partial charge in [0.1, 0.15) is 0 Å². The second-order valence-corrected chi connectivity index (χ2v) is 5.89. The Morgan fingerprint density at radius 1 is 1.48 bits per heavy atom. The Hall–Kier alpha value is -1.99. The van der Waals surface area contributed by atoms with E-state index < -0.39 is 4.92 Å². The molecular formula is C16H23N3O4. The third kappa shape index (κ3) is 5.01. The molecule has 1 aliphatic rings. The molecule has 1 saturated heterocycles. The second-order valence-electron chi connectivity index (χ2n) is 5.89. The summed E-state index contributed by atoms with van der Waals surface area (Å²) in [6, 6.07) is 6.10. The lowest BCUT2D eigenvalue weighted by Crippen LogP contribution is -2.45. The smallest absolute Gasteiger partial charge is 0.269 e. The molecule has 0 unspecified atom stereocenters. The van der Waals surface area contributed by atoms with E-state index in [0.717, 1.165) is 25.0 Å². The fourth-order valence-electron chi connectivity index (χ4n) is 2.52. The number of amides is 1. The van der Waals surface area contributed by atoms with E-state index in [9.17, 15) is 14.9 Å². The molecule has 1 aromatic carbocycles. The molecule has 2 atom stereocenters. The summed E-state index contributed by atoms with van der Waals surface area (Å²) in [5.74, 6) is -0.0371. The van der Waals surface area contributed by atoms with Crippen molar-refractivity contribution in [2.24, 2.45) is 0 Å². The number of hydrogen-bond donors (Lipinski definition) is 1. The maximum Gasteiger partial charge on any atom is 0.269 e. The first-order valence-electron chi connectivity index (χ1n) is 7.80. The maximum absolute atomic E-state index is 12.2. The molecule has 0 saturated carbocycles. The number of rotatable bonds is 7. The van der Waals surface area contributed by atoms with Crippen LogP contribution in [0.15, 0.2) is 24.3 Å². The van der Waals surface area contributed by atoms with Crippen LogP contribution in [0.4, 0.5) is 5.69 Å². The van der Waals surface area contributed by atoms with E-state index in [2.05, 4.69) is 5.32 Å². The van der Waals surface area contributed by atoms with E-state index >= 15 is 0 Å². The monoisotopic (exact) mass is 321 g/mol. The topological polar surface area (TPSA) is 84.7 Å². The number of carbonyl (C=O) groups is 1. The van der Waals surface area contributed by atoms with Crippen LogP contribution in [-0.2, 0) is 16.1 Å². The number of likely N-dealkylation sites (N-methyl/N-ethyl adjacent to an activating group) is 1. The first kappa shape index (κ1) is 17.4. The van der Waals surface area contributed by atoms with Crippen molar-refractivity contribution in [3.05, 3.63) is 39.9 Å². The molecule has 1 amide bonds. The van der Waals surface area contributed by atoms with Crippen LogP contribution in [0, 0.1) is 10.1 Å². The third-order valence-corrected chi connectivity index (χ3v) is 4.15. The molecule has 126 valence electrons. The van der Waals surface area contributed by atoms with Gasteiger partial charge in [-0.3, -0.25) is 19.8 Å². The summed E-state index contributed by atoms with van der Waals surface area (Å²) < 4.78 is 5.49. The van der Waals surface area contributed by atoms with Crippen LogP contribution in [-0.4, -0.2) is 48.1 Å². The van der Waals surface area contributed by atoms with E-state index in [0.29, 0.717) is 13.1 Å². The third-order valence-electron chi connectivity index (χ3n) is 4.15. The van der Waals surface area contributed by atoms with Crippen LogP contribution >= 0.6 is 0 Å². The zero-order valence-electron chi connectivity index (χ0n) is 13.5. The van der Waals surface area contributed by atoms with Crippen LogP contribution in [0.25, 0.3) is 0 Å². The first-order chi connectivity index (χ1) is 11.0. The van der Waals surface area contributed by atoms with Crippen LogP contribution in [0.1, 0.15) is 25.3 Å². The van der Waals surface area contributed by atoms with Crippen molar-refractivity contribution in [2.75, 3.05) is 20.2 Å². The normalized spacial score (nSPS) is 18.8. The van der Waals surface area contributed by atoms with Gasteiger partial charge in [0.15, 0.2) is 0 Å². The molecule has 7 heteroatoms. The predicted molar refractivity (Wildman–Crippen MR) is 86.0 cm³/mol. The Morgan fingerprint density at radius 2 is 2.17 bits per heavy atom. The molecule has 2 rings (SSSR count). The summed E-state index contributed by atoms with van der Waals surface area (Å²) in [6.07, 6.45) is 2.18. The minimum Gasteiger partial charge on any atom is -0.376 e. The largest absolute Gasteiger partial charge is 0.376 e. The lowest BCUT2D eigenvalue weighted by molar-refractivity contribution is -0.384. The van der Waals surface area contributed by atoms with Crippen molar-refractivity contribution in [2.45, 2.75) is 38.5 Å². The van der Waals surface area contributed by atoms with E-state index in [1.165, 1.54) is 12.1 Å². The number of nitro benzene ring substituents is 1. The predicted octanol–water partition coefficient (Wildman–Crippen LogP) is 1.71. The van der Waals surface area contributed by atoms with Gasteiger partial charge in [-0.05, 0) is 32.4 Å². The SMILES string of the molecule is C[C@H](C(=O)NC[C@@H]1CCCO1)N(C)Cc1ccc([N+](=O)[O-])cc1. The molecule has 0 spiro atoms. The molecule has 1 aromatic rings. The fraction of sp³-hybridized carbons (Fsp3) is 0.562. The minimum atomic E-state index is -0.422. The number of nitrogens with one attached hydrogen (secondary N) is 1. The molecule has 7 nitrogen and oxygen atoms in total. The second kappa shape index (κ2) is 8.03. The average molecular weight is 321 g/mol. The van der Waals surface area contributed by atoms with Gasteiger partial charge in [0.2, 0.25) is 5.91 Å². The molecule has 0 aromatic heterocycles. The Balaban J connectivity index is 1.82. The minimum absolute atomic E-state index is 0.0371. The van der Waals surface area contributed by atoms with Crippen molar-refractivity contribution in [3.8, 4) is 0 Å². The highest BCUT2D eigenvalue weighted by atomic mass is 16.6. The molecule has 0 bridgehead atoms. The number of hydrogen-bond acceptors (Lipinski definition) is 5. The van der Waals surface area contributed by atoms with Crippen LogP contribution in [0.5, 0.6) is 0 Å². The van der Waals surface area contributed by atoms with Gasteiger partial charge in [0.25, 0.3) is 5.69 Å². The van der Waals surface area contributed by atoms with Gasteiger partial charge in [-0.1, -0.05) is 12.1 Å². The van der Waals surface area contributed by atoms with Crippen molar-refractivity contribution in [1.82, 2.24) is 10.2 Å². The average Bonchev–Trinajstić information content (AvgIpc) is 3.05. The summed E-state index contributed by atoms with van der Waals surface area (Å²) in [7, 11) is 1.86. The lowest BCUT2D eigenvalue weighted by Gasteiger charge is -2.24. The molecule has 0 radical (unpaired) electrons. The number of carbonyl (C=O) groups excluding carboxylic acids is 1. The Morgan fingerprint density at radius 3 is 2.74 bits per heavy atom. The number of ether oxygens (including phenoxy) is 1. The van der Waals surface area contributed by atoms with Gasteiger partial charge in [0.05, 0.1) is 17.1 Å². The van der Waals surface area contributed by atoms with Crippen LogP contribution in [0.3, 0.4) is 0 Å². The van der Waals surface area contributed by atoms with Crippen molar-refractivity contribution >= 4 is 11.6 Å². The standard InChI is InChI=1S/C16H23N3O4/c1-12(16(20)17-10-15-4-3-9-23-15)18(2)11-13-5-7-14(8-6-13)19(21)22/h5-8,12,15H,3-4,9-11H2,1-2H3,(H,17,20)/t12-,15+/m1/s1. The molecule has 1 aliphatic heterocycles. The lowest BCUT2D eigenvalue weighted by atomic mass is 10.1. The number of nitro groups is 1. The van der Waals surface area contributed by atoms with Crippen LogP contribution in [0.2, 0.25) is 0 Å². The van der Waals surface area contributed by atoms with Gasteiger partial charge in [-0.15, -0.1) is 0 Å². The van der Waals surface area contributed by atoms with E-state index in [4.69, 9.17) is 4.74 Å². The van der Waals surface area contributed by atoms with Crippen LogP contribution < -0.4 is 5.32 Å². The molecule has 1 fully saturated rings.